The van der Waals surface area contributed by atoms with Gasteiger partial charge in [0, 0.05) is 25.3 Å². The highest BCUT2D eigenvalue weighted by molar-refractivity contribution is 7.89. The Bertz CT molecular complexity index is 462. The molecule has 0 amide bonds. The van der Waals surface area contributed by atoms with Crippen LogP contribution in [0.4, 0.5) is 4.39 Å². The van der Waals surface area contributed by atoms with Crippen molar-refractivity contribution in [3.63, 3.8) is 0 Å². The molecular weight excluding hydrogens is 245 g/mol. The summed E-state index contributed by atoms with van der Waals surface area (Å²) < 4.78 is 38.8. The maximum atomic E-state index is 13.2. The molecule has 0 bridgehead atoms. The van der Waals surface area contributed by atoms with E-state index in [9.17, 15) is 12.8 Å². The van der Waals surface area contributed by atoms with Crippen LogP contribution < -0.4 is 10.0 Å². The van der Waals surface area contributed by atoms with Crippen LogP contribution in [0.1, 0.15) is 13.8 Å². The second-order valence-electron chi connectivity index (χ2n) is 3.80. The molecule has 0 unspecified atom stereocenters. The van der Waals surface area contributed by atoms with Gasteiger partial charge in [-0.05, 0) is 12.1 Å². The highest BCUT2D eigenvalue weighted by atomic mass is 32.2. The van der Waals surface area contributed by atoms with Crippen LogP contribution in [-0.4, -0.2) is 32.5 Å². The van der Waals surface area contributed by atoms with Crippen LogP contribution >= 0.6 is 0 Å². The molecule has 1 aromatic rings. The SMILES string of the molecule is CC(C)NCCNS(=O)(=O)c1ncccc1F. The van der Waals surface area contributed by atoms with Crippen molar-refractivity contribution in [2.75, 3.05) is 13.1 Å². The molecule has 96 valence electrons. The molecule has 1 heterocycles. The molecule has 5 nitrogen and oxygen atoms in total. The van der Waals surface area contributed by atoms with Gasteiger partial charge >= 0.3 is 0 Å². The molecule has 0 aromatic carbocycles. The topological polar surface area (TPSA) is 71.1 Å². The molecule has 0 aliphatic carbocycles. The van der Waals surface area contributed by atoms with Crippen LogP contribution in [0.2, 0.25) is 0 Å². The summed E-state index contributed by atoms with van der Waals surface area (Å²) in [5, 5.41) is 2.48. The zero-order valence-corrected chi connectivity index (χ0v) is 10.6. The molecule has 0 aliphatic heterocycles. The van der Waals surface area contributed by atoms with E-state index in [1.807, 2.05) is 13.8 Å². The van der Waals surface area contributed by atoms with Crippen molar-refractivity contribution in [2.24, 2.45) is 0 Å². The summed E-state index contributed by atoms with van der Waals surface area (Å²) in [4.78, 5) is 3.52. The Morgan fingerprint density at radius 2 is 2.12 bits per heavy atom. The van der Waals surface area contributed by atoms with Gasteiger partial charge in [0.25, 0.3) is 10.0 Å². The minimum Gasteiger partial charge on any atom is -0.313 e. The first-order valence-electron chi connectivity index (χ1n) is 5.27. The van der Waals surface area contributed by atoms with Crippen molar-refractivity contribution < 1.29 is 12.8 Å². The maximum absolute atomic E-state index is 13.2. The van der Waals surface area contributed by atoms with Gasteiger partial charge in [-0.2, -0.15) is 0 Å². The lowest BCUT2D eigenvalue weighted by atomic mass is 10.4. The van der Waals surface area contributed by atoms with Crippen molar-refractivity contribution in [1.82, 2.24) is 15.0 Å². The van der Waals surface area contributed by atoms with Crippen LogP contribution in [0.15, 0.2) is 23.4 Å². The normalized spacial score (nSPS) is 12.0. The van der Waals surface area contributed by atoms with Gasteiger partial charge in [0.1, 0.15) is 0 Å². The average Bonchev–Trinajstić information content (AvgIpc) is 2.24. The molecule has 1 aromatic heterocycles. The standard InChI is InChI=1S/C10H16FN3O2S/c1-8(2)12-6-7-14-17(15,16)10-9(11)4-3-5-13-10/h3-5,8,12,14H,6-7H2,1-2H3. The predicted octanol–water partition coefficient (Wildman–Crippen LogP) is 0.497. The Morgan fingerprint density at radius 1 is 1.41 bits per heavy atom. The van der Waals surface area contributed by atoms with Crippen LogP contribution in [0.5, 0.6) is 0 Å². The van der Waals surface area contributed by atoms with Crippen molar-refractivity contribution in [2.45, 2.75) is 24.9 Å². The quantitative estimate of drug-likeness (QED) is 0.731. The third kappa shape index (κ3) is 4.37. The average molecular weight is 261 g/mol. The minimum absolute atomic E-state index is 0.191. The first-order valence-corrected chi connectivity index (χ1v) is 6.75. The first kappa shape index (κ1) is 14.0. The Morgan fingerprint density at radius 3 is 2.71 bits per heavy atom. The first-order chi connectivity index (χ1) is 7.93. The van der Waals surface area contributed by atoms with E-state index >= 15 is 0 Å². The van der Waals surface area contributed by atoms with E-state index in [2.05, 4.69) is 15.0 Å². The Kier molecular flexibility index (Phi) is 4.98. The maximum Gasteiger partial charge on any atom is 0.261 e. The summed E-state index contributed by atoms with van der Waals surface area (Å²) in [6, 6.07) is 2.67. The van der Waals surface area contributed by atoms with Crippen LogP contribution in [0.3, 0.4) is 0 Å². The molecule has 0 aliphatic rings. The summed E-state index contributed by atoms with van der Waals surface area (Å²) >= 11 is 0. The predicted molar refractivity (Wildman–Crippen MR) is 62.5 cm³/mol. The molecule has 1 rings (SSSR count). The molecule has 0 fully saturated rings. The third-order valence-corrected chi connectivity index (χ3v) is 3.34. The number of aromatic nitrogens is 1. The van der Waals surface area contributed by atoms with Gasteiger partial charge in [-0.1, -0.05) is 13.8 Å². The second-order valence-corrected chi connectivity index (χ2v) is 5.48. The van der Waals surface area contributed by atoms with Gasteiger partial charge in [-0.25, -0.2) is 22.5 Å². The summed E-state index contributed by atoms with van der Waals surface area (Å²) in [5.74, 6) is -0.850. The van der Waals surface area contributed by atoms with Crippen LogP contribution in [0, 0.1) is 5.82 Å². The number of hydrogen-bond donors (Lipinski definition) is 2. The van der Waals surface area contributed by atoms with Gasteiger partial charge in [-0.3, -0.25) is 0 Å². The lowest BCUT2D eigenvalue weighted by molar-refractivity contribution is 0.536. The summed E-state index contributed by atoms with van der Waals surface area (Å²) in [6.07, 6.45) is 1.24. The summed E-state index contributed by atoms with van der Waals surface area (Å²) in [7, 11) is -3.87. The fourth-order valence-electron chi connectivity index (χ4n) is 1.18. The van der Waals surface area contributed by atoms with E-state index in [4.69, 9.17) is 0 Å². The van der Waals surface area contributed by atoms with Gasteiger partial charge < -0.3 is 5.32 Å². The van der Waals surface area contributed by atoms with Gasteiger partial charge in [0.05, 0.1) is 0 Å². The highest BCUT2D eigenvalue weighted by Crippen LogP contribution is 2.08. The Balaban J connectivity index is 2.61. The molecule has 0 radical (unpaired) electrons. The smallest absolute Gasteiger partial charge is 0.261 e. The largest absolute Gasteiger partial charge is 0.313 e. The van der Waals surface area contributed by atoms with Crippen molar-refractivity contribution in [3.05, 3.63) is 24.1 Å². The molecular formula is C10H16FN3O2S. The summed E-state index contributed by atoms with van der Waals surface area (Å²) in [5.41, 5.74) is 0. The molecule has 0 atom stereocenters. The van der Waals surface area contributed by atoms with E-state index in [1.165, 1.54) is 12.3 Å². The van der Waals surface area contributed by atoms with E-state index < -0.39 is 20.9 Å². The van der Waals surface area contributed by atoms with Gasteiger partial charge in [0.2, 0.25) is 5.03 Å². The summed E-state index contributed by atoms with van der Waals surface area (Å²) in [6.45, 7) is 4.57. The number of halogens is 1. The molecule has 0 saturated heterocycles. The number of pyridine rings is 1. The minimum atomic E-state index is -3.87. The van der Waals surface area contributed by atoms with E-state index in [0.29, 0.717) is 6.54 Å². The Labute approximate surface area is 101 Å². The second kappa shape index (κ2) is 6.04. The fraction of sp³-hybridized carbons (Fsp3) is 0.500. The van der Waals surface area contributed by atoms with Crippen molar-refractivity contribution in [3.8, 4) is 0 Å². The molecule has 2 N–H and O–H groups in total. The molecule has 0 spiro atoms. The zero-order chi connectivity index (χ0) is 12.9. The van der Waals surface area contributed by atoms with E-state index in [0.717, 1.165) is 6.07 Å². The van der Waals surface area contributed by atoms with Gasteiger partial charge in [0.15, 0.2) is 5.82 Å². The van der Waals surface area contributed by atoms with E-state index in [1.54, 1.807) is 0 Å². The van der Waals surface area contributed by atoms with Crippen molar-refractivity contribution in [1.29, 1.82) is 0 Å². The molecule has 0 saturated carbocycles. The zero-order valence-electron chi connectivity index (χ0n) is 9.77. The molecule has 7 heteroatoms. The van der Waals surface area contributed by atoms with Crippen LogP contribution in [0.25, 0.3) is 0 Å². The third-order valence-electron chi connectivity index (χ3n) is 1.95. The number of rotatable bonds is 6. The highest BCUT2D eigenvalue weighted by Gasteiger charge is 2.19. The molecule has 17 heavy (non-hydrogen) atoms. The van der Waals surface area contributed by atoms with Crippen molar-refractivity contribution >= 4 is 10.0 Å². The van der Waals surface area contributed by atoms with Crippen LogP contribution in [-0.2, 0) is 10.0 Å². The Hall–Kier alpha value is -1.05. The number of sulfonamides is 1. The number of nitrogens with one attached hydrogen (secondary N) is 2. The lowest BCUT2D eigenvalue weighted by Gasteiger charge is -2.09. The lowest BCUT2D eigenvalue weighted by Crippen LogP contribution is -2.35. The van der Waals surface area contributed by atoms with E-state index in [-0.39, 0.29) is 12.6 Å². The number of nitrogens with zero attached hydrogens (tertiary/aromatic N) is 1. The fourth-order valence-corrected chi connectivity index (χ4v) is 2.22. The number of hydrogen-bond acceptors (Lipinski definition) is 4. The van der Waals surface area contributed by atoms with Gasteiger partial charge in [-0.15, -0.1) is 0 Å². The monoisotopic (exact) mass is 261 g/mol.